The fourth-order valence-electron chi connectivity index (χ4n) is 1.85. The average molecular weight is 301 g/mol. The van der Waals surface area contributed by atoms with Crippen molar-refractivity contribution in [1.82, 2.24) is 10.6 Å². The van der Waals surface area contributed by atoms with Gasteiger partial charge >= 0.3 is 0 Å². The molecule has 0 radical (unpaired) electrons. The zero-order valence-corrected chi connectivity index (χ0v) is 13.9. The largest absolute Gasteiger partial charge is 0.379 e. The van der Waals surface area contributed by atoms with E-state index in [0.717, 1.165) is 51.7 Å². The summed E-state index contributed by atoms with van der Waals surface area (Å²) < 4.78 is 16.4. The van der Waals surface area contributed by atoms with Crippen LogP contribution >= 0.6 is 0 Å². The van der Waals surface area contributed by atoms with Gasteiger partial charge in [-0.3, -0.25) is 4.99 Å². The fourth-order valence-corrected chi connectivity index (χ4v) is 1.85. The van der Waals surface area contributed by atoms with Crippen LogP contribution in [0.25, 0.3) is 0 Å². The molecule has 1 unspecified atom stereocenters. The Morgan fingerprint density at radius 3 is 2.81 bits per heavy atom. The number of rotatable bonds is 9. The van der Waals surface area contributed by atoms with E-state index in [9.17, 15) is 0 Å². The van der Waals surface area contributed by atoms with E-state index in [1.165, 1.54) is 0 Å². The summed E-state index contributed by atoms with van der Waals surface area (Å²) in [5.74, 6) is 0.826. The Kier molecular flexibility index (Phi) is 8.64. The molecular formula is C15H31N3O3. The summed E-state index contributed by atoms with van der Waals surface area (Å²) in [6, 6.07) is 0. The number of guanidine groups is 1. The zero-order chi connectivity index (χ0) is 15.6. The van der Waals surface area contributed by atoms with Gasteiger partial charge in [0, 0.05) is 33.4 Å². The second-order valence-corrected chi connectivity index (χ2v) is 5.80. The van der Waals surface area contributed by atoms with Crippen LogP contribution in [-0.4, -0.2) is 64.2 Å². The Bertz CT molecular complexity index is 303. The molecule has 1 heterocycles. The van der Waals surface area contributed by atoms with Crippen LogP contribution in [0, 0.1) is 0 Å². The van der Waals surface area contributed by atoms with Crippen molar-refractivity contribution >= 4 is 5.96 Å². The van der Waals surface area contributed by atoms with Crippen LogP contribution in [0.1, 0.15) is 33.6 Å². The van der Waals surface area contributed by atoms with E-state index in [2.05, 4.69) is 22.5 Å². The van der Waals surface area contributed by atoms with E-state index >= 15 is 0 Å². The molecule has 6 nitrogen and oxygen atoms in total. The third kappa shape index (κ3) is 8.24. The third-order valence-corrected chi connectivity index (χ3v) is 3.37. The van der Waals surface area contributed by atoms with Gasteiger partial charge in [-0.2, -0.15) is 0 Å². The smallest absolute Gasteiger partial charge is 0.191 e. The van der Waals surface area contributed by atoms with Crippen LogP contribution in [0.3, 0.4) is 0 Å². The predicted molar refractivity (Wildman–Crippen MR) is 84.9 cm³/mol. The molecule has 21 heavy (non-hydrogen) atoms. The molecular weight excluding hydrogens is 270 g/mol. The van der Waals surface area contributed by atoms with Gasteiger partial charge in [0.25, 0.3) is 0 Å². The van der Waals surface area contributed by atoms with E-state index in [1.807, 2.05) is 13.8 Å². The second-order valence-electron chi connectivity index (χ2n) is 5.80. The Balaban J connectivity index is 2.18. The van der Waals surface area contributed by atoms with Gasteiger partial charge in [0.05, 0.1) is 24.9 Å². The van der Waals surface area contributed by atoms with E-state index in [1.54, 1.807) is 7.11 Å². The van der Waals surface area contributed by atoms with Crippen LogP contribution in [0.2, 0.25) is 0 Å². The van der Waals surface area contributed by atoms with Crippen LogP contribution in [0.15, 0.2) is 4.99 Å². The quantitative estimate of drug-likeness (QED) is 0.380. The lowest BCUT2D eigenvalue weighted by molar-refractivity contribution is 0.0310. The summed E-state index contributed by atoms with van der Waals surface area (Å²) >= 11 is 0. The van der Waals surface area contributed by atoms with Crippen molar-refractivity contribution in [1.29, 1.82) is 0 Å². The Hall–Kier alpha value is -0.850. The van der Waals surface area contributed by atoms with Crippen molar-refractivity contribution in [3.8, 4) is 0 Å². The maximum absolute atomic E-state index is 5.73. The normalized spacial score (nSPS) is 19.8. The minimum absolute atomic E-state index is 0.242. The third-order valence-electron chi connectivity index (χ3n) is 3.37. The summed E-state index contributed by atoms with van der Waals surface area (Å²) in [5.41, 5.74) is -0.242. The first-order chi connectivity index (χ1) is 10.1. The summed E-state index contributed by atoms with van der Waals surface area (Å²) in [6.45, 7) is 10.7. The first-order valence-corrected chi connectivity index (χ1v) is 7.84. The maximum Gasteiger partial charge on any atom is 0.191 e. The predicted octanol–water partition coefficient (Wildman–Crippen LogP) is 1.16. The van der Waals surface area contributed by atoms with Crippen molar-refractivity contribution in [3.63, 3.8) is 0 Å². The van der Waals surface area contributed by atoms with Crippen molar-refractivity contribution in [3.05, 3.63) is 0 Å². The lowest BCUT2D eigenvalue weighted by atomic mass is 10.1. The summed E-state index contributed by atoms with van der Waals surface area (Å²) in [5, 5.41) is 6.55. The minimum atomic E-state index is -0.242. The SMILES string of the molecule is CCNC(=NCC(C)(C)OC)NCCCOC1CCOC1. The molecule has 0 aliphatic carbocycles. The number of nitrogens with one attached hydrogen (secondary N) is 2. The molecule has 1 atom stereocenters. The van der Waals surface area contributed by atoms with Crippen LogP contribution < -0.4 is 10.6 Å². The summed E-state index contributed by atoms with van der Waals surface area (Å²) in [4.78, 5) is 4.54. The van der Waals surface area contributed by atoms with Gasteiger partial charge in [0.2, 0.25) is 0 Å². The molecule has 1 aliphatic heterocycles. The number of ether oxygens (including phenoxy) is 3. The lowest BCUT2D eigenvalue weighted by Gasteiger charge is -2.21. The maximum atomic E-state index is 5.73. The van der Waals surface area contributed by atoms with Gasteiger partial charge in [-0.05, 0) is 33.6 Å². The first-order valence-electron chi connectivity index (χ1n) is 7.84. The van der Waals surface area contributed by atoms with Crippen molar-refractivity contribution in [2.45, 2.75) is 45.3 Å². The van der Waals surface area contributed by atoms with Crippen molar-refractivity contribution in [2.24, 2.45) is 4.99 Å². The summed E-state index contributed by atoms with van der Waals surface area (Å²) in [6.07, 6.45) is 2.26. The number of hydrogen-bond acceptors (Lipinski definition) is 4. The van der Waals surface area contributed by atoms with E-state index in [4.69, 9.17) is 14.2 Å². The Morgan fingerprint density at radius 1 is 1.38 bits per heavy atom. The molecule has 0 aromatic rings. The lowest BCUT2D eigenvalue weighted by Crippen LogP contribution is -2.39. The van der Waals surface area contributed by atoms with Gasteiger partial charge < -0.3 is 24.8 Å². The summed E-state index contributed by atoms with van der Waals surface area (Å²) in [7, 11) is 1.71. The van der Waals surface area contributed by atoms with E-state index < -0.39 is 0 Å². The fraction of sp³-hybridized carbons (Fsp3) is 0.933. The van der Waals surface area contributed by atoms with Crippen LogP contribution in [-0.2, 0) is 14.2 Å². The average Bonchev–Trinajstić information content (AvgIpc) is 2.97. The monoisotopic (exact) mass is 301 g/mol. The molecule has 124 valence electrons. The van der Waals surface area contributed by atoms with E-state index in [0.29, 0.717) is 6.54 Å². The molecule has 1 rings (SSSR count). The van der Waals surface area contributed by atoms with Crippen LogP contribution in [0.5, 0.6) is 0 Å². The standard InChI is InChI=1S/C15H31N3O3/c1-5-16-14(18-12-15(2,3)19-4)17-8-6-9-21-13-7-10-20-11-13/h13H,5-12H2,1-4H3,(H2,16,17,18). The first kappa shape index (κ1) is 18.2. The molecule has 1 saturated heterocycles. The number of nitrogens with zero attached hydrogens (tertiary/aromatic N) is 1. The molecule has 1 aliphatic rings. The second kappa shape index (κ2) is 9.97. The molecule has 0 saturated carbocycles. The molecule has 0 aromatic heterocycles. The minimum Gasteiger partial charge on any atom is -0.379 e. The number of hydrogen-bond donors (Lipinski definition) is 2. The molecule has 0 spiro atoms. The van der Waals surface area contributed by atoms with Crippen LogP contribution in [0.4, 0.5) is 0 Å². The molecule has 1 fully saturated rings. The van der Waals surface area contributed by atoms with E-state index in [-0.39, 0.29) is 11.7 Å². The van der Waals surface area contributed by atoms with Crippen molar-refractivity contribution < 1.29 is 14.2 Å². The van der Waals surface area contributed by atoms with Gasteiger partial charge in [-0.15, -0.1) is 0 Å². The zero-order valence-electron chi connectivity index (χ0n) is 13.9. The highest BCUT2D eigenvalue weighted by Gasteiger charge is 2.16. The Labute approximate surface area is 128 Å². The topological polar surface area (TPSA) is 64.1 Å². The van der Waals surface area contributed by atoms with Gasteiger partial charge in [-0.1, -0.05) is 0 Å². The molecule has 0 aromatic carbocycles. The van der Waals surface area contributed by atoms with Crippen molar-refractivity contribution in [2.75, 3.05) is 46.6 Å². The highest BCUT2D eigenvalue weighted by Crippen LogP contribution is 2.08. The molecule has 0 bridgehead atoms. The molecule has 0 amide bonds. The van der Waals surface area contributed by atoms with Gasteiger partial charge in [0.1, 0.15) is 0 Å². The molecule has 2 N–H and O–H groups in total. The highest BCUT2D eigenvalue weighted by atomic mass is 16.5. The van der Waals surface area contributed by atoms with Gasteiger partial charge in [0.15, 0.2) is 5.96 Å². The van der Waals surface area contributed by atoms with Gasteiger partial charge in [-0.25, -0.2) is 0 Å². The number of methoxy groups -OCH3 is 1. The molecule has 6 heteroatoms. The Morgan fingerprint density at radius 2 is 2.19 bits per heavy atom. The number of aliphatic imine (C=N–C) groups is 1. The highest BCUT2D eigenvalue weighted by molar-refractivity contribution is 5.79.